The summed E-state index contributed by atoms with van der Waals surface area (Å²) in [7, 11) is 0. The van der Waals surface area contributed by atoms with Gasteiger partial charge in [0.05, 0.1) is 28.4 Å². The summed E-state index contributed by atoms with van der Waals surface area (Å²) >= 11 is 7.45. The summed E-state index contributed by atoms with van der Waals surface area (Å²) in [6, 6.07) is 20.8. The van der Waals surface area contributed by atoms with Gasteiger partial charge in [-0.15, -0.1) is 11.3 Å². The van der Waals surface area contributed by atoms with Crippen LogP contribution in [0.4, 0.5) is 11.4 Å². The van der Waals surface area contributed by atoms with E-state index in [1.165, 1.54) is 16.9 Å². The average molecular weight is 460 g/mol. The third-order valence-electron chi connectivity index (χ3n) is 5.16. The smallest absolute Gasteiger partial charge is 0.267 e. The molecule has 0 saturated carbocycles. The van der Waals surface area contributed by atoms with Crippen LogP contribution in [0.2, 0.25) is 5.02 Å². The second-order valence-electron chi connectivity index (χ2n) is 7.36. The van der Waals surface area contributed by atoms with Gasteiger partial charge in [0.25, 0.3) is 5.91 Å². The minimum absolute atomic E-state index is 0.333. The molecular formula is C25H18ClN3O2S. The van der Waals surface area contributed by atoms with Crippen molar-refractivity contribution in [3.63, 3.8) is 0 Å². The monoisotopic (exact) mass is 459 g/mol. The van der Waals surface area contributed by atoms with E-state index in [0.717, 1.165) is 16.8 Å². The molecule has 3 N–H and O–H groups in total. The number of aromatic nitrogens is 1. The molecule has 3 heterocycles. The van der Waals surface area contributed by atoms with Crippen LogP contribution in [0.5, 0.6) is 0 Å². The molecule has 3 aromatic heterocycles. The summed E-state index contributed by atoms with van der Waals surface area (Å²) in [4.78, 5) is 18.9. The molecule has 0 aliphatic heterocycles. The Kier molecular flexibility index (Phi) is 5.17. The number of benzene rings is 2. The van der Waals surface area contributed by atoms with Gasteiger partial charge in [0.15, 0.2) is 0 Å². The quantitative estimate of drug-likeness (QED) is 0.302. The minimum atomic E-state index is -0.333. The number of pyridine rings is 1. The van der Waals surface area contributed by atoms with E-state index >= 15 is 0 Å². The summed E-state index contributed by atoms with van der Waals surface area (Å²) < 4.78 is 5.68. The number of rotatable bonds is 4. The number of amides is 1. The SMILES string of the molecule is Cc1ccc(-c2cc(-c3ccco3)c3c(N)c(C(=O)Nc4ccccc4Cl)sc3n2)cc1. The van der Waals surface area contributed by atoms with Crippen molar-refractivity contribution in [1.29, 1.82) is 0 Å². The van der Waals surface area contributed by atoms with Crippen molar-refractivity contribution in [2.45, 2.75) is 6.92 Å². The molecule has 5 rings (SSSR count). The highest BCUT2D eigenvalue weighted by molar-refractivity contribution is 7.21. The fourth-order valence-electron chi connectivity index (χ4n) is 3.53. The predicted molar refractivity (Wildman–Crippen MR) is 131 cm³/mol. The maximum absolute atomic E-state index is 13.1. The third kappa shape index (κ3) is 3.64. The number of aryl methyl sites for hydroxylation is 1. The topological polar surface area (TPSA) is 81.1 Å². The molecule has 1 amide bonds. The Balaban J connectivity index is 1.66. The molecule has 0 atom stereocenters. The number of hydrogen-bond acceptors (Lipinski definition) is 5. The van der Waals surface area contributed by atoms with Crippen LogP contribution >= 0.6 is 22.9 Å². The number of thiophene rings is 1. The maximum Gasteiger partial charge on any atom is 0.267 e. The molecular weight excluding hydrogens is 442 g/mol. The number of carbonyl (C=O) groups is 1. The highest BCUT2D eigenvalue weighted by Gasteiger charge is 2.23. The molecule has 0 unspecified atom stereocenters. The Morgan fingerprint density at radius 2 is 1.88 bits per heavy atom. The second-order valence-corrected chi connectivity index (χ2v) is 8.76. The van der Waals surface area contributed by atoms with E-state index in [-0.39, 0.29) is 5.91 Å². The van der Waals surface area contributed by atoms with Gasteiger partial charge in [-0.25, -0.2) is 4.98 Å². The van der Waals surface area contributed by atoms with Gasteiger partial charge in [0.1, 0.15) is 15.5 Å². The van der Waals surface area contributed by atoms with E-state index in [1.54, 1.807) is 30.5 Å². The number of fused-ring (bicyclic) bond motifs is 1. The van der Waals surface area contributed by atoms with E-state index in [0.29, 0.717) is 37.3 Å². The number of anilines is 2. The van der Waals surface area contributed by atoms with E-state index in [2.05, 4.69) is 5.32 Å². The summed E-state index contributed by atoms with van der Waals surface area (Å²) in [5.74, 6) is 0.328. The largest absolute Gasteiger partial charge is 0.464 e. The molecule has 32 heavy (non-hydrogen) atoms. The first-order chi connectivity index (χ1) is 15.5. The number of para-hydroxylation sites is 1. The summed E-state index contributed by atoms with van der Waals surface area (Å²) in [6.45, 7) is 2.04. The number of carbonyl (C=O) groups excluding carboxylic acids is 1. The van der Waals surface area contributed by atoms with Crippen molar-refractivity contribution in [3.05, 3.63) is 88.5 Å². The Bertz CT molecular complexity index is 1440. The van der Waals surface area contributed by atoms with Gasteiger partial charge >= 0.3 is 0 Å². The molecule has 0 bridgehead atoms. The average Bonchev–Trinajstić information content (AvgIpc) is 3.44. The molecule has 0 spiro atoms. The van der Waals surface area contributed by atoms with Crippen LogP contribution in [0.1, 0.15) is 15.2 Å². The lowest BCUT2D eigenvalue weighted by Crippen LogP contribution is -2.12. The maximum atomic E-state index is 13.1. The Labute approximate surface area is 193 Å². The molecule has 7 heteroatoms. The molecule has 0 fully saturated rings. The Morgan fingerprint density at radius 1 is 1.09 bits per heavy atom. The lowest BCUT2D eigenvalue weighted by Gasteiger charge is -2.07. The van der Waals surface area contributed by atoms with Gasteiger partial charge in [0.2, 0.25) is 0 Å². The van der Waals surface area contributed by atoms with E-state index in [4.69, 9.17) is 26.7 Å². The molecule has 2 aromatic carbocycles. The van der Waals surface area contributed by atoms with Crippen molar-refractivity contribution in [2.75, 3.05) is 11.1 Å². The van der Waals surface area contributed by atoms with Gasteiger partial charge in [-0.05, 0) is 37.3 Å². The number of halogens is 1. The van der Waals surface area contributed by atoms with Crippen molar-refractivity contribution in [2.24, 2.45) is 0 Å². The van der Waals surface area contributed by atoms with Gasteiger partial charge in [-0.3, -0.25) is 4.79 Å². The molecule has 0 aliphatic carbocycles. The zero-order valence-corrected chi connectivity index (χ0v) is 18.6. The Morgan fingerprint density at radius 3 is 2.59 bits per heavy atom. The highest BCUT2D eigenvalue weighted by atomic mass is 35.5. The molecule has 0 radical (unpaired) electrons. The van der Waals surface area contributed by atoms with Crippen LogP contribution in [0.3, 0.4) is 0 Å². The molecule has 0 aliphatic rings. The van der Waals surface area contributed by atoms with Gasteiger partial charge < -0.3 is 15.5 Å². The van der Waals surface area contributed by atoms with Crippen molar-refractivity contribution >= 4 is 50.4 Å². The zero-order chi connectivity index (χ0) is 22.2. The van der Waals surface area contributed by atoms with Gasteiger partial charge in [-0.1, -0.05) is 53.6 Å². The van der Waals surface area contributed by atoms with Crippen LogP contribution in [0, 0.1) is 6.92 Å². The predicted octanol–water partition coefficient (Wildman–Crippen LogP) is 7.02. The number of nitrogens with one attached hydrogen (secondary N) is 1. The lowest BCUT2D eigenvalue weighted by atomic mass is 10.0. The number of nitrogens with two attached hydrogens (primary N) is 1. The number of nitrogen functional groups attached to an aromatic ring is 1. The van der Waals surface area contributed by atoms with Crippen LogP contribution in [0.15, 0.2) is 77.4 Å². The summed E-state index contributed by atoms with van der Waals surface area (Å²) in [5, 5.41) is 4.00. The minimum Gasteiger partial charge on any atom is -0.464 e. The van der Waals surface area contributed by atoms with Crippen molar-refractivity contribution in [3.8, 4) is 22.6 Å². The van der Waals surface area contributed by atoms with Crippen LogP contribution < -0.4 is 11.1 Å². The normalized spacial score (nSPS) is 11.1. The highest BCUT2D eigenvalue weighted by Crippen LogP contribution is 2.41. The van der Waals surface area contributed by atoms with Gasteiger partial charge in [-0.2, -0.15) is 0 Å². The van der Waals surface area contributed by atoms with E-state index < -0.39 is 0 Å². The number of furan rings is 1. The molecule has 5 aromatic rings. The first-order valence-corrected chi connectivity index (χ1v) is 11.1. The van der Waals surface area contributed by atoms with E-state index in [1.807, 2.05) is 49.4 Å². The number of hydrogen-bond donors (Lipinski definition) is 2. The third-order valence-corrected chi connectivity index (χ3v) is 6.59. The fourth-order valence-corrected chi connectivity index (χ4v) is 4.73. The van der Waals surface area contributed by atoms with Crippen LogP contribution in [-0.4, -0.2) is 10.9 Å². The van der Waals surface area contributed by atoms with Gasteiger partial charge in [0, 0.05) is 16.5 Å². The van der Waals surface area contributed by atoms with Crippen molar-refractivity contribution < 1.29 is 9.21 Å². The molecule has 0 saturated heterocycles. The zero-order valence-electron chi connectivity index (χ0n) is 17.1. The first-order valence-electron chi connectivity index (χ1n) is 9.91. The van der Waals surface area contributed by atoms with Crippen LogP contribution in [0.25, 0.3) is 32.8 Å². The molecule has 5 nitrogen and oxygen atoms in total. The van der Waals surface area contributed by atoms with Crippen molar-refractivity contribution in [1.82, 2.24) is 4.98 Å². The second kappa shape index (κ2) is 8.15. The standard InChI is InChI=1S/C25H18ClN3O2S/c1-14-8-10-15(11-9-14)19-13-16(20-7-4-12-31-20)21-22(27)23(32-25(21)29-19)24(30)28-18-6-3-2-5-17(18)26/h2-13H,27H2,1H3,(H,28,30). The first kappa shape index (κ1) is 20.3. The number of nitrogens with zero attached hydrogens (tertiary/aromatic N) is 1. The Hall–Kier alpha value is -3.61. The molecule has 158 valence electrons. The van der Waals surface area contributed by atoms with E-state index in [9.17, 15) is 4.79 Å². The summed E-state index contributed by atoms with van der Waals surface area (Å²) in [5.41, 5.74) is 11.1. The van der Waals surface area contributed by atoms with Crippen LogP contribution in [-0.2, 0) is 0 Å². The lowest BCUT2D eigenvalue weighted by molar-refractivity contribution is 0.103. The summed E-state index contributed by atoms with van der Waals surface area (Å²) in [6.07, 6.45) is 1.61. The fraction of sp³-hybridized carbons (Fsp3) is 0.0400.